The molecule has 0 aliphatic heterocycles. The smallest absolute Gasteiger partial charge is 0.326 e. The van der Waals surface area contributed by atoms with E-state index in [1.807, 2.05) is 54.6 Å². The number of rotatable bonds is 14. The van der Waals surface area contributed by atoms with Gasteiger partial charge >= 0.3 is 5.97 Å². The molecule has 1 heterocycles. The summed E-state index contributed by atoms with van der Waals surface area (Å²) < 4.78 is 0. The van der Waals surface area contributed by atoms with Gasteiger partial charge in [0.05, 0.1) is 6.04 Å². The second-order valence-electron chi connectivity index (χ2n) is 11.4. The molecule has 3 aromatic carbocycles. The van der Waals surface area contributed by atoms with E-state index in [9.17, 15) is 29.4 Å². The number of nitrogens with two attached hydrogens (primary N) is 1. The average Bonchev–Trinajstić information content (AvgIpc) is 3.42. The number of aromatic nitrogens is 1. The van der Waals surface area contributed by atoms with Crippen molar-refractivity contribution >= 4 is 34.6 Å². The van der Waals surface area contributed by atoms with Crippen molar-refractivity contribution in [2.75, 3.05) is 0 Å². The Morgan fingerprint density at radius 3 is 1.98 bits per heavy atom. The summed E-state index contributed by atoms with van der Waals surface area (Å²) in [5.74, 6) is -3.45. The molecule has 3 amide bonds. The molecule has 0 aliphatic carbocycles. The van der Waals surface area contributed by atoms with E-state index < -0.39 is 53.8 Å². The lowest BCUT2D eigenvalue weighted by atomic mass is 10.00. The zero-order valence-electron chi connectivity index (χ0n) is 25.2. The summed E-state index contributed by atoms with van der Waals surface area (Å²) >= 11 is 0. The second kappa shape index (κ2) is 15.0. The van der Waals surface area contributed by atoms with Gasteiger partial charge in [0.2, 0.25) is 17.7 Å². The molecule has 1 aromatic heterocycles. The molecule has 4 unspecified atom stereocenters. The summed E-state index contributed by atoms with van der Waals surface area (Å²) in [5, 5.41) is 28.4. The number of para-hydroxylation sites is 1. The molecule has 11 heteroatoms. The van der Waals surface area contributed by atoms with E-state index in [1.54, 1.807) is 32.2 Å². The highest BCUT2D eigenvalue weighted by atomic mass is 16.4. The number of benzene rings is 3. The molecular formula is C34H39N5O6. The van der Waals surface area contributed by atoms with Gasteiger partial charge in [-0.15, -0.1) is 0 Å². The first-order chi connectivity index (χ1) is 21.5. The van der Waals surface area contributed by atoms with Crippen molar-refractivity contribution in [1.82, 2.24) is 20.9 Å². The van der Waals surface area contributed by atoms with Gasteiger partial charge in [-0.1, -0.05) is 74.5 Å². The molecule has 4 atom stereocenters. The molecule has 0 aliphatic rings. The Labute approximate surface area is 261 Å². The van der Waals surface area contributed by atoms with Gasteiger partial charge < -0.3 is 36.9 Å². The molecule has 4 rings (SSSR count). The number of hydrogen-bond donors (Lipinski definition) is 7. The van der Waals surface area contributed by atoms with Crippen molar-refractivity contribution in [2.24, 2.45) is 11.7 Å². The lowest BCUT2D eigenvalue weighted by molar-refractivity contribution is -0.143. The van der Waals surface area contributed by atoms with Crippen LogP contribution < -0.4 is 21.7 Å². The van der Waals surface area contributed by atoms with Crippen LogP contribution in [0.4, 0.5) is 0 Å². The number of nitrogens with one attached hydrogen (secondary N) is 4. The maximum Gasteiger partial charge on any atom is 0.326 e. The topological polar surface area (TPSA) is 187 Å². The fourth-order valence-electron chi connectivity index (χ4n) is 5.09. The monoisotopic (exact) mass is 613 g/mol. The minimum atomic E-state index is -1.19. The van der Waals surface area contributed by atoms with E-state index in [0.717, 1.165) is 22.0 Å². The van der Waals surface area contributed by atoms with Crippen molar-refractivity contribution in [3.63, 3.8) is 0 Å². The molecule has 0 saturated carbocycles. The van der Waals surface area contributed by atoms with Crippen LogP contribution in [-0.2, 0) is 38.4 Å². The highest BCUT2D eigenvalue weighted by Crippen LogP contribution is 2.20. The number of aromatic hydroxyl groups is 1. The summed E-state index contributed by atoms with van der Waals surface area (Å²) in [4.78, 5) is 55.7. The Kier molecular flexibility index (Phi) is 10.9. The van der Waals surface area contributed by atoms with Crippen LogP contribution in [0, 0.1) is 5.92 Å². The van der Waals surface area contributed by atoms with Crippen LogP contribution in [0.1, 0.15) is 30.5 Å². The summed E-state index contributed by atoms with van der Waals surface area (Å²) in [6, 6.07) is 18.5. The maximum absolute atomic E-state index is 13.9. The highest BCUT2D eigenvalue weighted by Gasteiger charge is 2.32. The number of aromatic amines is 1. The maximum atomic E-state index is 13.9. The lowest BCUT2D eigenvalue weighted by Gasteiger charge is -2.26. The van der Waals surface area contributed by atoms with Crippen LogP contribution in [-0.4, -0.2) is 63.1 Å². The number of carboxylic acids is 1. The second-order valence-corrected chi connectivity index (χ2v) is 11.4. The molecule has 8 N–H and O–H groups in total. The SMILES string of the molecule is CC(C)C(NC(=O)C(Cc1c[nH]c2ccccc12)NC(=O)C(Cc1ccc(O)cc1)NC(=O)C(N)Cc1ccccc1)C(=O)O. The van der Waals surface area contributed by atoms with E-state index in [4.69, 9.17) is 5.73 Å². The number of H-pyrrole nitrogens is 1. The van der Waals surface area contributed by atoms with Gasteiger partial charge in [-0.3, -0.25) is 14.4 Å². The van der Waals surface area contributed by atoms with E-state index >= 15 is 0 Å². The van der Waals surface area contributed by atoms with Crippen LogP contribution in [0.25, 0.3) is 10.9 Å². The molecule has 4 aromatic rings. The first-order valence-corrected chi connectivity index (χ1v) is 14.8. The number of fused-ring (bicyclic) bond motifs is 1. The Morgan fingerprint density at radius 1 is 0.733 bits per heavy atom. The molecule has 0 spiro atoms. The van der Waals surface area contributed by atoms with Crippen LogP contribution in [0.5, 0.6) is 5.75 Å². The Morgan fingerprint density at radius 2 is 1.31 bits per heavy atom. The number of phenolic OH excluding ortho intramolecular Hbond substituents is 1. The molecule has 0 bridgehead atoms. The van der Waals surface area contributed by atoms with Gasteiger partial charge in [-0.25, -0.2) is 4.79 Å². The Hall–Kier alpha value is -5.16. The van der Waals surface area contributed by atoms with Crippen molar-refractivity contribution in [3.8, 4) is 5.75 Å². The zero-order chi connectivity index (χ0) is 32.5. The third-order valence-electron chi connectivity index (χ3n) is 7.61. The number of amides is 3. The summed E-state index contributed by atoms with van der Waals surface area (Å²) in [6.45, 7) is 3.35. The highest BCUT2D eigenvalue weighted by molar-refractivity contribution is 5.95. The van der Waals surface area contributed by atoms with Crippen LogP contribution in [0.15, 0.2) is 85.1 Å². The van der Waals surface area contributed by atoms with E-state index in [1.165, 1.54) is 12.1 Å². The summed E-state index contributed by atoms with van der Waals surface area (Å²) in [6.07, 6.45) is 2.09. The fraction of sp³-hybridized carbons (Fsp3) is 0.294. The van der Waals surface area contributed by atoms with Crippen molar-refractivity contribution in [3.05, 3.63) is 102 Å². The van der Waals surface area contributed by atoms with Crippen LogP contribution >= 0.6 is 0 Å². The van der Waals surface area contributed by atoms with Gasteiger partial charge in [0, 0.05) is 29.9 Å². The molecule has 45 heavy (non-hydrogen) atoms. The molecule has 0 radical (unpaired) electrons. The molecule has 11 nitrogen and oxygen atoms in total. The van der Waals surface area contributed by atoms with Gasteiger partial charge in [-0.05, 0) is 47.2 Å². The predicted molar refractivity (Wildman–Crippen MR) is 170 cm³/mol. The average molecular weight is 614 g/mol. The Bertz CT molecular complexity index is 1620. The van der Waals surface area contributed by atoms with Crippen LogP contribution in [0.2, 0.25) is 0 Å². The van der Waals surface area contributed by atoms with E-state index in [2.05, 4.69) is 20.9 Å². The number of hydrogen-bond acceptors (Lipinski definition) is 6. The van der Waals surface area contributed by atoms with Crippen molar-refractivity contribution < 1.29 is 29.4 Å². The standard InChI is InChI=1S/C34H39N5O6/c1-20(2)30(34(44)45)39-33(43)29(18-23-19-36-27-11-7-6-10-25(23)27)38-32(42)28(17-22-12-14-24(40)15-13-22)37-31(41)26(35)16-21-8-4-3-5-9-21/h3-15,19-20,26,28-30,36,40H,16-18,35H2,1-2H3,(H,37,41)(H,38,42)(H,39,43)(H,44,45). The largest absolute Gasteiger partial charge is 0.508 e. The van der Waals surface area contributed by atoms with Gasteiger partial charge in [0.25, 0.3) is 0 Å². The number of carboxylic acid groups (broad SMARTS) is 1. The van der Waals surface area contributed by atoms with Gasteiger partial charge in [0.1, 0.15) is 23.9 Å². The first-order valence-electron chi connectivity index (χ1n) is 14.8. The normalized spacial score (nSPS) is 13.9. The first kappa shape index (κ1) is 32.7. The van der Waals surface area contributed by atoms with Gasteiger partial charge in [-0.2, -0.15) is 0 Å². The lowest BCUT2D eigenvalue weighted by Crippen LogP contribution is -2.58. The number of carbonyl (C=O) groups excluding carboxylic acids is 3. The number of aliphatic carboxylic acids is 1. The summed E-state index contributed by atoms with van der Waals surface area (Å²) in [5.41, 5.74) is 9.30. The van der Waals surface area contributed by atoms with E-state index in [-0.39, 0.29) is 25.0 Å². The third-order valence-corrected chi connectivity index (χ3v) is 7.61. The van der Waals surface area contributed by atoms with Crippen molar-refractivity contribution in [2.45, 2.75) is 57.3 Å². The molecule has 236 valence electrons. The van der Waals surface area contributed by atoms with Crippen molar-refractivity contribution in [1.29, 1.82) is 0 Å². The number of phenols is 1. The summed E-state index contributed by atoms with van der Waals surface area (Å²) in [7, 11) is 0. The predicted octanol–water partition coefficient (Wildman–Crippen LogP) is 2.42. The Balaban J connectivity index is 1.60. The molecule has 0 saturated heterocycles. The zero-order valence-corrected chi connectivity index (χ0v) is 25.2. The quantitative estimate of drug-likeness (QED) is 0.114. The minimum Gasteiger partial charge on any atom is -0.508 e. The van der Waals surface area contributed by atoms with Crippen LogP contribution in [0.3, 0.4) is 0 Å². The minimum absolute atomic E-state index is 0.0427. The third kappa shape index (κ3) is 8.93. The number of carbonyl (C=O) groups is 4. The fourth-order valence-corrected chi connectivity index (χ4v) is 5.09. The molecule has 0 fully saturated rings. The molecular weight excluding hydrogens is 574 g/mol. The van der Waals surface area contributed by atoms with E-state index in [0.29, 0.717) is 5.56 Å². The van der Waals surface area contributed by atoms with Gasteiger partial charge in [0.15, 0.2) is 0 Å².